The van der Waals surface area contributed by atoms with Crippen LogP contribution in [0.15, 0.2) is 23.8 Å². The van der Waals surface area contributed by atoms with Crippen molar-refractivity contribution in [1.29, 1.82) is 0 Å². The Labute approximate surface area is 166 Å². The number of halogens is 1. The standard InChI is InChI=1S/C19H19NO7.ClH/c20-18(26)14-9-4-7-2-1-3-11(22)13(7)16(24)15(9)17(25)19(27)10(14)5-8(21)6-12(19)23;/h1-3,8-10,14,21-22,24,27H,4-6H2,(H2,20,26);1H. The molecule has 9 heteroatoms. The lowest BCUT2D eigenvalue weighted by Crippen LogP contribution is -2.66. The van der Waals surface area contributed by atoms with Crippen LogP contribution >= 0.6 is 12.4 Å². The zero-order valence-corrected chi connectivity index (χ0v) is 15.5. The van der Waals surface area contributed by atoms with E-state index in [2.05, 4.69) is 0 Å². The minimum Gasteiger partial charge on any atom is -0.507 e. The lowest BCUT2D eigenvalue weighted by molar-refractivity contribution is -0.173. The lowest BCUT2D eigenvalue weighted by atomic mass is 9.53. The number of aliphatic hydroxyl groups excluding tert-OH is 2. The summed E-state index contributed by atoms with van der Waals surface area (Å²) in [5.41, 5.74) is 3.34. The maximum atomic E-state index is 13.1. The molecule has 1 aromatic carbocycles. The number of Topliss-reactive ketones (excluding diaryl/α,β-unsaturated/α-hetero) is 2. The van der Waals surface area contributed by atoms with Gasteiger partial charge in [-0.1, -0.05) is 12.1 Å². The molecule has 4 rings (SSSR count). The molecule has 0 radical (unpaired) electrons. The molecule has 0 bridgehead atoms. The van der Waals surface area contributed by atoms with E-state index in [4.69, 9.17) is 5.73 Å². The number of ketones is 2. The van der Waals surface area contributed by atoms with Crippen LogP contribution in [-0.4, -0.2) is 49.6 Å². The van der Waals surface area contributed by atoms with E-state index in [1.54, 1.807) is 12.1 Å². The molecule has 8 nitrogen and oxygen atoms in total. The molecular formula is C19H20ClNO7. The quantitative estimate of drug-likeness (QED) is 0.408. The van der Waals surface area contributed by atoms with Crippen LogP contribution in [0.3, 0.4) is 0 Å². The number of hydrogen-bond acceptors (Lipinski definition) is 7. The topological polar surface area (TPSA) is 158 Å². The summed E-state index contributed by atoms with van der Waals surface area (Å²) in [5, 5.41) is 41.8. The molecule has 6 N–H and O–H groups in total. The second kappa shape index (κ2) is 6.58. The molecule has 1 aromatic rings. The van der Waals surface area contributed by atoms with E-state index in [9.17, 15) is 34.8 Å². The number of phenols is 1. The van der Waals surface area contributed by atoms with Crippen molar-refractivity contribution < 1.29 is 34.8 Å². The number of aromatic hydroxyl groups is 1. The van der Waals surface area contributed by atoms with Gasteiger partial charge in [0.15, 0.2) is 11.4 Å². The minimum atomic E-state index is -2.53. The molecule has 0 saturated heterocycles. The van der Waals surface area contributed by atoms with Gasteiger partial charge in [0.2, 0.25) is 11.7 Å². The van der Waals surface area contributed by atoms with Crippen LogP contribution in [0.2, 0.25) is 0 Å². The molecule has 0 spiro atoms. The molecule has 3 aliphatic carbocycles. The summed E-state index contributed by atoms with van der Waals surface area (Å²) < 4.78 is 0. The zero-order valence-electron chi connectivity index (χ0n) is 14.7. The van der Waals surface area contributed by atoms with E-state index in [0.29, 0.717) is 5.56 Å². The van der Waals surface area contributed by atoms with E-state index in [1.165, 1.54) is 6.07 Å². The van der Waals surface area contributed by atoms with E-state index in [1.807, 2.05) is 0 Å². The van der Waals surface area contributed by atoms with Gasteiger partial charge in [-0.15, -0.1) is 12.4 Å². The smallest absolute Gasteiger partial charge is 0.221 e. The number of rotatable bonds is 1. The molecule has 2 saturated carbocycles. The zero-order chi connectivity index (χ0) is 19.7. The number of carbonyl (C=O) groups is 3. The summed E-state index contributed by atoms with van der Waals surface area (Å²) >= 11 is 0. The molecule has 0 aromatic heterocycles. The van der Waals surface area contributed by atoms with Crippen LogP contribution in [0.4, 0.5) is 0 Å². The van der Waals surface area contributed by atoms with Gasteiger partial charge in [0, 0.05) is 23.8 Å². The van der Waals surface area contributed by atoms with Gasteiger partial charge >= 0.3 is 0 Å². The Morgan fingerprint density at radius 1 is 1.18 bits per heavy atom. The van der Waals surface area contributed by atoms with Gasteiger partial charge < -0.3 is 26.2 Å². The Morgan fingerprint density at radius 2 is 1.86 bits per heavy atom. The number of benzene rings is 1. The third kappa shape index (κ3) is 2.48. The first-order chi connectivity index (χ1) is 12.7. The number of aliphatic hydroxyl groups is 3. The monoisotopic (exact) mass is 409 g/mol. The molecule has 0 heterocycles. The number of fused-ring (bicyclic) bond motifs is 3. The second-order valence-corrected chi connectivity index (χ2v) is 7.53. The first-order valence-corrected chi connectivity index (χ1v) is 8.70. The van der Waals surface area contributed by atoms with Crippen molar-refractivity contribution in [2.24, 2.45) is 23.5 Å². The van der Waals surface area contributed by atoms with Crippen molar-refractivity contribution in [3.8, 4) is 5.75 Å². The van der Waals surface area contributed by atoms with Crippen LogP contribution in [-0.2, 0) is 20.8 Å². The van der Waals surface area contributed by atoms with Crippen LogP contribution < -0.4 is 5.73 Å². The fraction of sp³-hybridized carbons (Fsp3) is 0.421. The molecule has 2 fully saturated rings. The van der Waals surface area contributed by atoms with Crippen molar-refractivity contribution in [3.05, 3.63) is 34.9 Å². The predicted octanol–water partition coefficient (Wildman–Crippen LogP) is 0.0107. The summed E-state index contributed by atoms with van der Waals surface area (Å²) in [5.74, 6) is -6.67. The van der Waals surface area contributed by atoms with E-state index >= 15 is 0 Å². The SMILES string of the molecule is Cl.NC(=O)C1C2Cc3cccc(O)c3C(O)=C2C(=O)C2(O)C(=O)CC(O)CC12. The highest BCUT2D eigenvalue weighted by atomic mass is 35.5. The normalized spacial score (nSPS) is 34.1. The summed E-state index contributed by atoms with van der Waals surface area (Å²) in [4.78, 5) is 37.9. The Morgan fingerprint density at radius 3 is 2.50 bits per heavy atom. The maximum Gasteiger partial charge on any atom is 0.221 e. The Hall–Kier alpha value is -2.42. The highest BCUT2D eigenvalue weighted by Gasteiger charge is 2.64. The summed E-state index contributed by atoms with van der Waals surface area (Å²) in [6.07, 6.45) is -1.51. The molecule has 3 aliphatic rings. The minimum absolute atomic E-state index is 0. The van der Waals surface area contributed by atoms with Crippen molar-refractivity contribution in [1.82, 2.24) is 0 Å². The fourth-order valence-corrected chi connectivity index (χ4v) is 4.97. The summed E-state index contributed by atoms with van der Waals surface area (Å²) in [6.45, 7) is 0. The molecule has 1 amide bonds. The molecule has 150 valence electrons. The van der Waals surface area contributed by atoms with E-state index < -0.39 is 59.1 Å². The van der Waals surface area contributed by atoms with Gasteiger partial charge in [-0.3, -0.25) is 14.4 Å². The largest absolute Gasteiger partial charge is 0.507 e. The predicted molar refractivity (Wildman–Crippen MR) is 98.5 cm³/mol. The first-order valence-electron chi connectivity index (χ1n) is 8.70. The molecule has 28 heavy (non-hydrogen) atoms. The maximum absolute atomic E-state index is 13.1. The number of amides is 1. The van der Waals surface area contributed by atoms with Crippen LogP contribution in [0.1, 0.15) is 24.0 Å². The fourth-order valence-electron chi connectivity index (χ4n) is 4.97. The third-order valence-electron chi connectivity index (χ3n) is 6.13. The van der Waals surface area contributed by atoms with E-state index in [-0.39, 0.29) is 42.1 Å². The van der Waals surface area contributed by atoms with Gasteiger partial charge in [0.1, 0.15) is 11.5 Å². The molecule has 0 aliphatic heterocycles. The number of primary amides is 1. The highest BCUT2D eigenvalue weighted by molar-refractivity contribution is 6.22. The number of nitrogens with two attached hydrogens (primary N) is 1. The van der Waals surface area contributed by atoms with E-state index in [0.717, 1.165) is 0 Å². The van der Waals surface area contributed by atoms with Crippen LogP contribution in [0.25, 0.3) is 5.76 Å². The van der Waals surface area contributed by atoms with Gasteiger partial charge in [-0.25, -0.2) is 0 Å². The van der Waals surface area contributed by atoms with Gasteiger partial charge in [0.25, 0.3) is 0 Å². The number of carbonyl (C=O) groups excluding carboxylic acids is 3. The lowest BCUT2D eigenvalue weighted by Gasteiger charge is -2.50. The van der Waals surface area contributed by atoms with Crippen molar-refractivity contribution in [2.45, 2.75) is 31.0 Å². The third-order valence-corrected chi connectivity index (χ3v) is 6.13. The summed E-state index contributed by atoms with van der Waals surface area (Å²) in [7, 11) is 0. The average molecular weight is 410 g/mol. The number of hydrogen-bond donors (Lipinski definition) is 5. The van der Waals surface area contributed by atoms with Crippen molar-refractivity contribution in [3.63, 3.8) is 0 Å². The van der Waals surface area contributed by atoms with Crippen molar-refractivity contribution >= 4 is 35.6 Å². The van der Waals surface area contributed by atoms with Gasteiger partial charge in [-0.05, 0) is 24.5 Å². The molecular weight excluding hydrogens is 390 g/mol. The first kappa shape index (κ1) is 20.3. The van der Waals surface area contributed by atoms with Crippen molar-refractivity contribution in [2.75, 3.05) is 0 Å². The Bertz CT molecular complexity index is 927. The van der Waals surface area contributed by atoms with Gasteiger partial charge in [0.05, 0.1) is 17.6 Å². The Kier molecular flexibility index (Phi) is 4.77. The Balaban J connectivity index is 0.00000225. The highest BCUT2D eigenvalue weighted by Crippen LogP contribution is 2.53. The number of phenolic OH excluding ortho intramolecular Hbond substituents is 1. The second-order valence-electron chi connectivity index (χ2n) is 7.53. The van der Waals surface area contributed by atoms with Gasteiger partial charge in [-0.2, -0.15) is 0 Å². The average Bonchev–Trinajstić information content (AvgIpc) is 2.57. The molecule has 5 atom stereocenters. The summed E-state index contributed by atoms with van der Waals surface area (Å²) in [6, 6.07) is 4.56. The van der Waals surface area contributed by atoms with Crippen LogP contribution in [0, 0.1) is 17.8 Å². The van der Waals surface area contributed by atoms with Crippen LogP contribution in [0.5, 0.6) is 5.75 Å². The molecule has 5 unspecified atom stereocenters.